The van der Waals surface area contributed by atoms with Crippen LogP contribution < -0.4 is 14.5 Å². The van der Waals surface area contributed by atoms with E-state index in [1.165, 1.54) is 0 Å². The van der Waals surface area contributed by atoms with Crippen molar-refractivity contribution in [2.75, 3.05) is 22.9 Å². The molecule has 3 heterocycles. The third-order valence-corrected chi connectivity index (χ3v) is 4.83. The van der Waals surface area contributed by atoms with Crippen molar-refractivity contribution < 1.29 is 9.53 Å². The molecular weight excluding hydrogens is 328 g/mol. The number of aldehydes is 1. The molecule has 2 atom stereocenters. The number of aromatic nitrogens is 2. The van der Waals surface area contributed by atoms with Crippen molar-refractivity contribution in [3.63, 3.8) is 0 Å². The van der Waals surface area contributed by atoms with Gasteiger partial charge in [-0.2, -0.15) is 0 Å². The molecule has 0 aromatic carbocycles. The minimum Gasteiger partial charge on any atom is -0.487 e. The molecule has 1 aliphatic rings. The number of H-pyrrole nitrogens is 1. The Hall–Kier alpha value is -2.50. The van der Waals surface area contributed by atoms with E-state index in [4.69, 9.17) is 4.74 Å². The Labute approximate surface area is 155 Å². The number of ether oxygens (including phenoxy) is 1. The molecule has 6 heteroatoms. The van der Waals surface area contributed by atoms with Crippen molar-refractivity contribution in [3.8, 4) is 5.75 Å². The maximum atomic E-state index is 11.8. The Morgan fingerprint density at radius 2 is 2.27 bits per heavy atom. The number of carbonyl (C=O) groups is 1. The molecule has 2 aromatic heterocycles. The molecule has 0 bridgehead atoms. The van der Waals surface area contributed by atoms with Gasteiger partial charge in [-0.25, -0.2) is 4.98 Å². The maximum Gasteiger partial charge on any atom is 0.171 e. The lowest BCUT2D eigenvalue weighted by Crippen LogP contribution is -2.51. The van der Waals surface area contributed by atoms with Gasteiger partial charge in [-0.05, 0) is 57.9 Å². The monoisotopic (exact) mass is 356 g/mol. The standard InChI is InChI=1S/C20H28N4O2/c1-4-23(20-18(26-15(2)3)7-5-11-22-20)16-9-12-24(17(13-16)14-25)19-8-6-10-21-19/h5-8,10-11,14-17,21H,4,9,12-13H2,1-3H3. The second kappa shape index (κ2) is 8.25. The molecule has 1 N–H and O–H groups in total. The van der Waals surface area contributed by atoms with Gasteiger partial charge in [0.1, 0.15) is 12.1 Å². The van der Waals surface area contributed by atoms with Gasteiger partial charge in [-0.3, -0.25) is 0 Å². The predicted octanol–water partition coefficient (Wildman–Crippen LogP) is 3.26. The van der Waals surface area contributed by atoms with Crippen molar-refractivity contribution in [2.45, 2.75) is 51.8 Å². The van der Waals surface area contributed by atoms with Gasteiger partial charge in [0.15, 0.2) is 11.6 Å². The molecule has 2 aromatic rings. The van der Waals surface area contributed by atoms with E-state index in [1.807, 2.05) is 44.3 Å². The smallest absolute Gasteiger partial charge is 0.171 e. The number of carbonyl (C=O) groups excluding carboxylic acids is 1. The summed E-state index contributed by atoms with van der Waals surface area (Å²) in [6, 6.07) is 7.96. The van der Waals surface area contributed by atoms with Crippen molar-refractivity contribution in [1.82, 2.24) is 9.97 Å². The molecule has 0 radical (unpaired) electrons. The van der Waals surface area contributed by atoms with Gasteiger partial charge in [0.2, 0.25) is 0 Å². The summed E-state index contributed by atoms with van der Waals surface area (Å²) >= 11 is 0. The highest BCUT2D eigenvalue weighted by atomic mass is 16.5. The van der Waals surface area contributed by atoms with Crippen molar-refractivity contribution in [2.24, 2.45) is 0 Å². The van der Waals surface area contributed by atoms with Crippen LogP contribution in [0.5, 0.6) is 5.75 Å². The molecule has 2 unspecified atom stereocenters. The fourth-order valence-corrected chi connectivity index (χ4v) is 3.71. The van der Waals surface area contributed by atoms with E-state index in [9.17, 15) is 4.79 Å². The Bertz CT molecular complexity index is 702. The third kappa shape index (κ3) is 3.84. The van der Waals surface area contributed by atoms with Gasteiger partial charge in [0.05, 0.1) is 12.1 Å². The van der Waals surface area contributed by atoms with Crippen molar-refractivity contribution in [3.05, 3.63) is 36.7 Å². The van der Waals surface area contributed by atoms with E-state index in [2.05, 4.69) is 26.7 Å². The number of piperidine rings is 1. The summed E-state index contributed by atoms with van der Waals surface area (Å²) in [6.45, 7) is 7.82. The highest BCUT2D eigenvalue weighted by molar-refractivity contribution is 5.66. The summed E-state index contributed by atoms with van der Waals surface area (Å²) in [4.78, 5) is 24.0. The van der Waals surface area contributed by atoms with Crippen LogP contribution in [0.25, 0.3) is 0 Å². The first kappa shape index (κ1) is 18.3. The molecule has 0 amide bonds. The van der Waals surface area contributed by atoms with Crippen LogP contribution in [-0.4, -0.2) is 47.5 Å². The lowest BCUT2D eigenvalue weighted by molar-refractivity contribution is -0.109. The third-order valence-electron chi connectivity index (χ3n) is 4.83. The molecule has 140 valence electrons. The molecule has 1 aliphatic heterocycles. The summed E-state index contributed by atoms with van der Waals surface area (Å²) in [6.07, 6.45) is 6.59. The Kier molecular flexibility index (Phi) is 5.81. The van der Waals surface area contributed by atoms with E-state index in [-0.39, 0.29) is 18.2 Å². The highest BCUT2D eigenvalue weighted by Gasteiger charge is 2.33. The first-order chi connectivity index (χ1) is 12.6. The van der Waals surface area contributed by atoms with Crippen molar-refractivity contribution >= 4 is 17.9 Å². The number of nitrogens with zero attached hydrogens (tertiary/aromatic N) is 3. The summed E-state index contributed by atoms with van der Waals surface area (Å²) in [5, 5.41) is 0. The lowest BCUT2D eigenvalue weighted by Gasteiger charge is -2.42. The number of pyridine rings is 1. The van der Waals surface area contributed by atoms with Crippen LogP contribution >= 0.6 is 0 Å². The van der Waals surface area contributed by atoms with Crippen LogP contribution in [-0.2, 0) is 4.79 Å². The molecule has 0 aliphatic carbocycles. The first-order valence-electron chi connectivity index (χ1n) is 9.37. The molecule has 26 heavy (non-hydrogen) atoms. The minimum absolute atomic E-state index is 0.0918. The average Bonchev–Trinajstić information content (AvgIpc) is 3.17. The van der Waals surface area contributed by atoms with Gasteiger partial charge >= 0.3 is 0 Å². The largest absolute Gasteiger partial charge is 0.487 e. The van der Waals surface area contributed by atoms with Crippen LogP contribution in [0.2, 0.25) is 0 Å². The Balaban J connectivity index is 1.80. The van der Waals surface area contributed by atoms with Gasteiger partial charge in [0.25, 0.3) is 0 Å². The highest BCUT2D eigenvalue weighted by Crippen LogP contribution is 2.32. The Morgan fingerprint density at radius 1 is 1.42 bits per heavy atom. The number of hydrogen-bond donors (Lipinski definition) is 1. The normalized spacial score (nSPS) is 20.2. The molecule has 3 rings (SSSR count). The molecule has 6 nitrogen and oxygen atoms in total. The van der Waals surface area contributed by atoms with Gasteiger partial charge < -0.3 is 24.3 Å². The number of hydrogen-bond acceptors (Lipinski definition) is 5. The quantitative estimate of drug-likeness (QED) is 0.772. The Morgan fingerprint density at radius 3 is 2.92 bits per heavy atom. The van der Waals surface area contributed by atoms with E-state index in [0.29, 0.717) is 0 Å². The van der Waals surface area contributed by atoms with Crippen molar-refractivity contribution in [1.29, 1.82) is 0 Å². The van der Waals surface area contributed by atoms with Crippen LogP contribution in [0.1, 0.15) is 33.6 Å². The van der Waals surface area contributed by atoms with E-state index in [0.717, 1.165) is 49.6 Å². The maximum absolute atomic E-state index is 11.8. The zero-order valence-electron chi connectivity index (χ0n) is 15.8. The number of anilines is 2. The number of nitrogens with one attached hydrogen (secondary N) is 1. The van der Waals surface area contributed by atoms with Gasteiger partial charge in [-0.1, -0.05) is 0 Å². The zero-order chi connectivity index (χ0) is 18.5. The van der Waals surface area contributed by atoms with Crippen LogP contribution in [0.4, 0.5) is 11.6 Å². The van der Waals surface area contributed by atoms with Crippen LogP contribution in [0, 0.1) is 0 Å². The SMILES string of the molecule is CCN(c1ncccc1OC(C)C)C1CCN(c2ccc[nH]2)C(C=O)C1. The lowest BCUT2D eigenvalue weighted by atomic mass is 9.96. The average molecular weight is 356 g/mol. The minimum atomic E-state index is -0.139. The molecule has 1 fully saturated rings. The second-order valence-corrected chi connectivity index (χ2v) is 6.91. The zero-order valence-corrected chi connectivity index (χ0v) is 15.8. The van der Waals surface area contributed by atoms with Gasteiger partial charge in [0, 0.05) is 31.5 Å². The predicted molar refractivity (Wildman–Crippen MR) is 104 cm³/mol. The first-order valence-corrected chi connectivity index (χ1v) is 9.37. The molecule has 1 saturated heterocycles. The van der Waals surface area contributed by atoms with Gasteiger partial charge in [-0.15, -0.1) is 0 Å². The van der Waals surface area contributed by atoms with Crippen LogP contribution in [0.3, 0.4) is 0 Å². The summed E-state index contributed by atoms with van der Waals surface area (Å²) in [5.74, 6) is 2.68. The fraction of sp³-hybridized carbons (Fsp3) is 0.500. The number of aromatic amines is 1. The summed E-state index contributed by atoms with van der Waals surface area (Å²) in [7, 11) is 0. The van der Waals surface area contributed by atoms with E-state index in [1.54, 1.807) is 6.20 Å². The van der Waals surface area contributed by atoms with Crippen LogP contribution in [0.15, 0.2) is 36.7 Å². The number of rotatable bonds is 7. The fourth-order valence-electron chi connectivity index (χ4n) is 3.71. The summed E-state index contributed by atoms with van der Waals surface area (Å²) < 4.78 is 5.96. The summed E-state index contributed by atoms with van der Waals surface area (Å²) in [5.41, 5.74) is 0. The van der Waals surface area contributed by atoms with E-state index < -0.39 is 0 Å². The topological polar surface area (TPSA) is 61.5 Å². The second-order valence-electron chi connectivity index (χ2n) is 6.91. The van der Waals surface area contributed by atoms with E-state index >= 15 is 0 Å². The molecular formula is C20H28N4O2. The molecule has 0 spiro atoms. The molecule has 0 saturated carbocycles.